The van der Waals surface area contributed by atoms with E-state index in [2.05, 4.69) is 22.2 Å². The molecule has 3 aromatic rings. The van der Waals surface area contributed by atoms with Crippen LogP contribution in [0, 0.1) is 5.41 Å². The fourth-order valence-electron chi connectivity index (χ4n) is 7.07. The minimum Gasteiger partial charge on any atom is -0.389 e. The molecule has 3 saturated carbocycles. The van der Waals surface area contributed by atoms with E-state index in [-0.39, 0.29) is 16.8 Å². The fourth-order valence-corrected chi connectivity index (χ4v) is 7.07. The molecular weight excluding hydrogens is 528 g/mol. The highest BCUT2D eigenvalue weighted by molar-refractivity contribution is 5.78. The number of benzene rings is 1. The number of rotatable bonds is 9. The molecule has 41 heavy (non-hydrogen) atoms. The smallest absolute Gasteiger partial charge is 0.296 e. The predicted molar refractivity (Wildman–Crippen MR) is 155 cm³/mol. The standard InChI is InChI=1S/C30H41F2N7O2/c1-28(2,40)20-37(3)30-11-8-29(9-12-30,10-13-30)19-33-23-18-24(36-27(35-23)38-14-16-41-17-15-38)39-22-7-5-4-6-21(22)34-26(39)25(31)32/h4-7,18,25,40H,8-17,19-20H2,1-3H3,(H,33,35,36). The Labute approximate surface area is 239 Å². The van der Waals surface area contributed by atoms with Gasteiger partial charge in [-0.05, 0) is 77.0 Å². The summed E-state index contributed by atoms with van der Waals surface area (Å²) in [6, 6.07) is 8.93. The van der Waals surface area contributed by atoms with Gasteiger partial charge in [-0.1, -0.05) is 12.1 Å². The Morgan fingerprint density at radius 2 is 1.73 bits per heavy atom. The van der Waals surface area contributed by atoms with Gasteiger partial charge in [0.15, 0.2) is 5.82 Å². The second-order valence-corrected chi connectivity index (χ2v) is 12.9. The highest BCUT2D eigenvalue weighted by Gasteiger charge is 2.50. The summed E-state index contributed by atoms with van der Waals surface area (Å²) in [5.41, 5.74) is 0.694. The molecule has 3 aliphatic carbocycles. The molecule has 1 aromatic carbocycles. The monoisotopic (exact) mass is 569 g/mol. The number of anilines is 2. The van der Waals surface area contributed by atoms with Crippen LogP contribution in [0.1, 0.15) is 64.6 Å². The number of morpholine rings is 1. The molecule has 0 spiro atoms. The van der Waals surface area contributed by atoms with E-state index < -0.39 is 12.0 Å². The van der Waals surface area contributed by atoms with Gasteiger partial charge in [0.05, 0.1) is 29.8 Å². The Hall–Kier alpha value is -2.89. The van der Waals surface area contributed by atoms with Crippen LogP contribution in [-0.4, -0.2) is 87.1 Å². The number of alkyl halides is 2. The number of likely N-dealkylation sites (N-methyl/N-ethyl adjacent to an activating group) is 1. The van der Waals surface area contributed by atoms with Gasteiger partial charge in [-0.2, -0.15) is 9.97 Å². The largest absolute Gasteiger partial charge is 0.389 e. The molecule has 7 rings (SSSR count). The van der Waals surface area contributed by atoms with Crippen molar-refractivity contribution in [2.75, 3.05) is 56.7 Å². The third-order valence-electron chi connectivity index (χ3n) is 9.45. The molecule has 2 aromatic heterocycles. The minimum absolute atomic E-state index is 0.154. The van der Waals surface area contributed by atoms with E-state index in [1.807, 2.05) is 24.8 Å². The van der Waals surface area contributed by atoms with E-state index in [1.54, 1.807) is 24.3 Å². The van der Waals surface area contributed by atoms with Gasteiger partial charge in [-0.25, -0.2) is 13.8 Å². The van der Waals surface area contributed by atoms with Crippen LogP contribution in [0.15, 0.2) is 30.3 Å². The van der Waals surface area contributed by atoms with Crippen molar-refractivity contribution in [2.24, 2.45) is 5.41 Å². The SMILES string of the molecule is CN(CC(C)(C)O)C12CCC(CNc3cc(-n4c(C(F)F)nc5ccccc54)nc(N4CCOCC4)n3)(CC1)CC2. The van der Waals surface area contributed by atoms with Gasteiger partial charge in [-0.15, -0.1) is 0 Å². The molecule has 4 aliphatic rings. The van der Waals surface area contributed by atoms with Crippen molar-refractivity contribution in [3.8, 4) is 5.82 Å². The lowest BCUT2D eigenvalue weighted by atomic mass is 9.56. The highest BCUT2D eigenvalue weighted by Crippen LogP contribution is 2.54. The van der Waals surface area contributed by atoms with Crippen LogP contribution < -0.4 is 10.2 Å². The number of para-hydroxylation sites is 2. The van der Waals surface area contributed by atoms with Crippen LogP contribution >= 0.6 is 0 Å². The summed E-state index contributed by atoms with van der Waals surface area (Å²) >= 11 is 0. The molecule has 222 valence electrons. The molecule has 0 amide bonds. The summed E-state index contributed by atoms with van der Waals surface area (Å²) in [6.07, 6.45) is 3.87. The number of hydrogen-bond acceptors (Lipinski definition) is 8. The summed E-state index contributed by atoms with van der Waals surface area (Å²) in [5, 5.41) is 14.0. The minimum atomic E-state index is -2.75. The van der Waals surface area contributed by atoms with Gasteiger partial charge in [0.2, 0.25) is 5.95 Å². The van der Waals surface area contributed by atoms with E-state index in [0.29, 0.717) is 61.5 Å². The Bertz CT molecular complexity index is 1360. The third kappa shape index (κ3) is 5.63. The van der Waals surface area contributed by atoms with Gasteiger partial charge >= 0.3 is 0 Å². The van der Waals surface area contributed by atoms with Crippen LogP contribution in [0.5, 0.6) is 0 Å². The zero-order valence-corrected chi connectivity index (χ0v) is 24.2. The van der Waals surface area contributed by atoms with Crippen LogP contribution in [0.3, 0.4) is 0 Å². The van der Waals surface area contributed by atoms with Crippen LogP contribution in [0.4, 0.5) is 20.5 Å². The highest BCUT2D eigenvalue weighted by atomic mass is 19.3. The Balaban J connectivity index is 1.27. The number of hydrogen-bond donors (Lipinski definition) is 2. The molecule has 2 bridgehead atoms. The zero-order valence-electron chi connectivity index (χ0n) is 24.2. The van der Waals surface area contributed by atoms with Gasteiger partial charge in [0.25, 0.3) is 6.43 Å². The average molecular weight is 570 g/mol. The lowest BCUT2D eigenvalue weighted by molar-refractivity contribution is -0.0676. The number of aromatic nitrogens is 4. The molecular formula is C30H41F2N7O2. The predicted octanol–water partition coefficient (Wildman–Crippen LogP) is 4.80. The molecule has 11 heteroatoms. The maximum Gasteiger partial charge on any atom is 0.296 e. The lowest BCUT2D eigenvalue weighted by Crippen LogP contribution is -2.59. The second-order valence-electron chi connectivity index (χ2n) is 12.9. The first-order valence-electron chi connectivity index (χ1n) is 14.7. The van der Waals surface area contributed by atoms with Crippen molar-refractivity contribution in [2.45, 2.75) is 69.9 Å². The third-order valence-corrected chi connectivity index (χ3v) is 9.45. The molecule has 9 nitrogen and oxygen atoms in total. The number of aliphatic hydroxyl groups is 1. The van der Waals surface area contributed by atoms with Crippen LogP contribution in [0.2, 0.25) is 0 Å². The first-order valence-corrected chi connectivity index (χ1v) is 14.7. The summed E-state index contributed by atoms with van der Waals surface area (Å²) in [6.45, 7) is 7.59. The summed E-state index contributed by atoms with van der Waals surface area (Å²) in [5.74, 6) is 1.19. The van der Waals surface area contributed by atoms with Crippen molar-refractivity contribution >= 4 is 22.8 Å². The maximum atomic E-state index is 14.2. The summed E-state index contributed by atoms with van der Waals surface area (Å²) in [7, 11) is 2.15. The Morgan fingerprint density at radius 3 is 2.39 bits per heavy atom. The molecule has 3 heterocycles. The molecule has 0 radical (unpaired) electrons. The topological polar surface area (TPSA) is 91.6 Å². The first-order chi connectivity index (χ1) is 19.6. The van der Waals surface area contributed by atoms with Gasteiger partial charge in [0, 0.05) is 37.8 Å². The number of imidazole rings is 1. The van der Waals surface area contributed by atoms with E-state index in [9.17, 15) is 13.9 Å². The zero-order chi connectivity index (χ0) is 28.8. The first kappa shape index (κ1) is 28.2. The van der Waals surface area contributed by atoms with Crippen molar-refractivity contribution in [1.82, 2.24) is 24.4 Å². The van der Waals surface area contributed by atoms with E-state index in [0.717, 1.165) is 45.1 Å². The summed E-state index contributed by atoms with van der Waals surface area (Å²) < 4.78 is 35.4. The maximum absolute atomic E-state index is 14.2. The lowest BCUT2D eigenvalue weighted by Gasteiger charge is -2.57. The van der Waals surface area contributed by atoms with E-state index in [4.69, 9.17) is 14.7 Å². The van der Waals surface area contributed by atoms with Crippen molar-refractivity contribution in [3.63, 3.8) is 0 Å². The molecule has 1 saturated heterocycles. The molecule has 1 aliphatic heterocycles. The Morgan fingerprint density at radius 1 is 1.05 bits per heavy atom. The number of nitrogens with zero attached hydrogens (tertiary/aromatic N) is 6. The van der Waals surface area contributed by atoms with Gasteiger partial charge in [0.1, 0.15) is 11.6 Å². The number of β-amino-alcohol motifs (C(OH)–C–C–N with tert-alkyl or cyclic N) is 1. The van der Waals surface area contributed by atoms with Crippen molar-refractivity contribution in [3.05, 3.63) is 36.2 Å². The van der Waals surface area contributed by atoms with Crippen molar-refractivity contribution in [1.29, 1.82) is 0 Å². The fraction of sp³-hybridized carbons (Fsp3) is 0.633. The average Bonchev–Trinajstić information content (AvgIpc) is 3.37. The number of nitrogens with one attached hydrogen (secondary N) is 1. The summed E-state index contributed by atoms with van der Waals surface area (Å²) in [4.78, 5) is 18.3. The normalized spacial score (nSPS) is 25.0. The van der Waals surface area contributed by atoms with Crippen LogP contribution in [-0.2, 0) is 4.74 Å². The van der Waals surface area contributed by atoms with Crippen LogP contribution in [0.25, 0.3) is 16.9 Å². The molecule has 2 N–H and O–H groups in total. The van der Waals surface area contributed by atoms with E-state index in [1.165, 1.54) is 4.57 Å². The van der Waals surface area contributed by atoms with Crippen molar-refractivity contribution < 1.29 is 18.6 Å². The van der Waals surface area contributed by atoms with Gasteiger partial charge < -0.3 is 20.1 Å². The number of halogens is 2. The second kappa shape index (κ2) is 10.7. The molecule has 0 unspecified atom stereocenters. The van der Waals surface area contributed by atoms with E-state index >= 15 is 0 Å². The van der Waals surface area contributed by atoms with Gasteiger partial charge in [-0.3, -0.25) is 9.47 Å². The Kier molecular flexibility index (Phi) is 7.40. The quantitative estimate of drug-likeness (QED) is 0.380. The molecule has 0 atom stereocenters. The molecule has 4 fully saturated rings. The number of fused-ring (bicyclic) bond motifs is 4. The number of ether oxygens (including phenoxy) is 1.